The summed E-state index contributed by atoms with van der Waals surface area (Å²) >= 11 is 0. The lowest BCUT2D eigenvalue weighted by atomic mass is 9.98. The SMILES string of the molecule is NC(=O)c1ccc(F)c(C(=O)c2c[nH]c3ncc(-c4cnn(-c5nn[nH]n5)c4)cc23)c1F. The first-order valence-corrected chi connectivity index (χ1v) is 9.02. The maximum atomic E-state index is 14.7. The lowest BCUT2D eigenvalue weighted by Crippen LogP contribution is -2.17. The standard InChI is InChI=1S/C19H11F2N9O2/c20-13-2-1-10(17(22)32)15(21)14(13)16(31)12-6-24-18-11(12)3-8(4-23-18)9-5-25-30(7-9)19-26-28-29-27-19/h1-7H,(H2,22,32)(H,23,24)(H,26,27,28,29). The molecule has 32 heavy (non-hydrogen) atoms. The Morgan fingerprint density at radius 1 is 1.09 bits per heavy atom. The molecule has 4 aromatic heterocycles. The zero-order valence-electron chi connectivity index (χ0n) is 15.9. The molecule has 0 spiro atoms. The van der Waals surface area contributed by atoms with Crippen LogP contribution >= 0.6 is 0 Å². The zero-order chi connectivity index (χ0) is 22.4. The summed E-state index contributed by atoms with van der Waals surface area (Å²) in [4.78, 5) is 31.5. The van der Waals surface area contributed by atoms with E-state index in [1.807, 2.05) is 0 Å². The Balaban J connectivity index is 1.59. The summed E-state index contributed by atoms with van der Waals surface area (Å²) in [5.74, 6) is -4.28. The van der Waals surface area contributed by atoms with E-state index in [4.69, 9.17) is 5.73 Å². The van der Waals surface area contributed by atoms with Crippen molar-refractivity contribution in [2.45, 2.75) is 0 Å². The van der Waals surface area contributed by atoms with Crippen molar-refractivity contribution in [2.24, 2.45) is 5.73 Å². The first kappa shape index (κ1) is 19.2. The summed E-state index contributed by atoms with van der Waals surface area (Å²) in [6, 6.07) is 3.33. The summed E-state index contributed by atoms with van der Waals surface area (Å²) in [5, 5.41) is 17.9. The molecule has 0 fully saturated rings. The van der Waals surface area contributed by atoms with Crippen molar-refractivity contribution in [3.05, 3.63) is 71.3 Å². The van der Waals surface area contributed by atoms with Gasteiger partial charge in [0.25, 0.3) is 11.9 Å². The molecule has 13 heteroatoms. The molecule has 0 bridgehead atoms. The molecule has 0 aliphatic rings. The van der Waals surface area contributed by atoms with Crippen LogP contribution in [0.5, 0.6) is 0 Å². The number of halogens is 2. The number of H-pyrrole nitrogens is 2. The van der Waals surface area contributed by atoms with Gasteiger partial charge in [-0.1, -0.05) is 5.10 Å². The molecule has 5 aromatic rings. The van der Waals surface area contributed by atoms with Gasteiger partial charge in [-0.15, -0.1) is 5.10 Å². The maximum Gasteiger partial charge on any atom is 0.290 e. The number of aromatic amines is 2. The molecular formula is C19H11F2N9O2. The molecule has 0 saturated heterocycles. The van der Waals surface area contributed by atoms with Gasteiger partial charge in [-0.2, -0.15) is 10.3 Å². The number of hydrogen-bond acceptors (Lipinski definition) is 7. The summed E-state index contributed by atoms with van der Waals surface area (Å²) in [6.45, 7) is 0. The first-order valence-electron chi connectivity index (χ1n) is 9.02. The highest BCUT2D eigenvalue weighted by molar-refractivity contribution is 6.17. The van der Waals surface area contributed by atoms with Gasteiger partial charge >= 0.3 is 0 Å². The second-order valence-electron chi connectivity index (χ2n) is 6.69. The Bertz CT molecular complexity index is 1500. The van der Waals surface area contributed by atoms with Crippen LogP contribution in [0, 0.1) is 11.6 Å². The molecule has 0 atom stereocenters. The van der Waals surface area contributed by atoms with Crippen molar-refractivity contribution in [2.75, 3.05) is 0 Å². The summed E-state index contributed by atoms with van der Waals surface area (Å²) < 4.78 is 30.4. The Hall–Kier alpha value is -4.81. The largest absolute Gasteiger partial charge is 0.366 e. The number of nitrogens with one attached hydrogen (secondary N) is 2. The lowest BCUT2D eigenvalue weighted by molar-refractivity contribution is 0.0996. The van der Waals surface area contributed by atoms with Crippen LogP contribution in [0.2, 0.25) is 0 Å². The number of pyridine rings is 1. The van der Waals surface area contributed by atoms with Crippen LogP contribution < -0.4 is 5.73 Å². The highest BCUT2D eigenvalue weighted by Gasteiger charge is 2.26. The van der Waals surface area contributed by atoms with Crippen molar-refractivity contribution < 1.29 is 18.4 Å². The van der Waals surface area contributed by atoms with E-state index in [0.29, 0.717) is 22.2 Å². The van der Waals surface area contributed by atoms with Gasteiger partial charge < -0.3 is 10.7 Å². The molecule has 0 aliphatic carbocycles. The number of benzene rings is 1. The minimum Gasteiger partial charge on any atom is -0.366 e. The van der Waals surface area contributed by atoms with Crippen molar-refractivity contribution in [1.29, 1.82) is 0 Å². The Labute approximate surface area is 176 Å². The molecule has 158 valence electrons. The molecule has 1 amide bonds. The van der Waals surface area contributed by atoms with E-state index in [1.54, 1.807) is 18.5 Å². The van der Waals surface area contributed by atoms with Gasteiger partial charge in [-0.25, -0.2) is 18.4 Å². The number of tetrazole rings is 1. The number of carbonyl (C=O) groups is 2. The Morgan fingerprint density at radius 2 is 1.94 bits per heavy atom. The molecule has 4 heterocycles. The molecule has 4 N–H and O–H groups in total. The predicted octanol–water partition coefficient (Wildman–Crippen LogP) is 1.54. The number of ketones is 1. The molecule has 5 rings (SSSR count). The number of hydrogen-bond donors (Lipinski definition) is 3. The van der Waals surface area contributed by atoms with Gasteiger partial charge in [0.15, 0.2) is 0 Å². The average Bonchev–Trinajstić information content (AvgIpc) is 3.52. The molecule has 1 aromatic carbocycles. The number of amides is 1. The van der Waals surface area contributed by atoms with Crippen LogP contribution in [0.15, 0.2) is 43.0 Å². The third kappa shape index (κ3) is 2.99. The molecule has 0 radical (unpaired) electrons. The first-order chi connectivity index (χ1) is 15.4. The normalized spacial score (nSPS) is 11.2. The molecule has 0 aliphatic heterocycles. The van der Waals surface area contributed by atoms with Crippen molar-refractivity contribution in [1.82, 2.24) is 40.4 Å². The van der Waals surface area contributed by atoms with Crippen LogP contribution in [0.4, 0.5) is 8.78 Å². The summed E-state index contributed by atoms with van der Waals surface area (Å²) in [5.41, 5.74) is 5.15. The monoisotopic (exact) mass is 435 g/mol. The van der Waals surface area contributed by atoms with Crippen LogP contribution in [-0.4, -0.2) is 52.1 Å². The van der Waals surface area contributed by atoms with Gasteiger partial charge in [0.1, 0.15) is 17.3 Å². The number of nitrogens with two attached hydrogens (primary N) is 1. The van der Waals surface area contributed by atoms with Gasteiger partial charge in [-0.05, 0) is 23.4 Å². The number of aromatic nitrogens is 8. The number of nitrogens with zero attached hydrogens (tertiary/aromatic N) is 6. The van der Waals surface area contributed by atoms with Crippen LogP contribution in [0.25, 0.3) is 28.1 Å². The average molecular weight is 435 g/mol. The summed E-state index contributed by atoms with van der Waals surface area (Å²) in [7, 11) is 0. The minimum atomic E-state index is -1.32. The number of carbonyl (C=O) groups excluding carboxylic acids is 2. The van der Waals surface area contributed by atoms with Gasteiger partial charge in [0.05, 0.1) is 17.3 Å². The highest BCUT2D eigenvalue weighted by atomic mass is 19.1. The third-order valence-electron chi connectivity index (χ3n) is 4.81. The topological polar surface area (TPSA) is 161 Å². The van der Waals surface area contributed by atoms with E-state index in [0.717, 1.165) is 12.1 Å². The van der Waals surface area contributed by atoms with Crippen molar-refractivity contribution >= 4 is 22.7 Å². The van der Waals surface area contributed by atoms with Crippen molar-refractivity contribution in [3.8, 4) is 17.1 Å². The van der Waals surface area contributed by atoms with Gasteiger partial charge in [0, 0.05) is 40.7 Å². The molecular weight excluding hydrogens is 424 g/mol. The van der Waals surface area contributed by atoms with E-state index < -0.39 is 34.5 Å². The van der Waals surface area contributed by atoms with Crippen LogP contribution in [0.3, 0.4) is 0 Å². The quantitative estimate of drug-likeness (QED) is 0.353. The fourth-order valence-electron chi connectivity index (χ4n) is 3.27. The van der Waals surface area contributed by atoms with E-state index in [1.165, 1.54) is 17.1 Å². The fraction of sp³-hybridized carbons (Fsp3) is 0. The smallest absolute Gasteiger partial charge is 0.290 e. The number of rotatable bonds is 5. The fourth-order valence-corrected chi connectivity index (χ4v) is 3.27. The number of primary amides is 1. The molecule has 11 nitrogen and oxygen atoms in total. The highest BCUT2D eigenvalue weighted by Crippen LogP contribution is 2.28. The van der Waals surface area contributed by atoms with E-state index in [-0.39, 0.29) is 11.5 Å². The molecule has 0 saturated carbocycles. The maximum absolute atomic E-state index is 14.7. The predicted molar refractivity (Wildman–Crippen MR) is 105 cm³/mol. The van der Waals surface area contributed by atoms with E-state index in [2.05, 4.69) is 35.7 Å². The molecule has 0 unspecified atom stereocenters. The number of fused-ring (bicyclic) bond motifs is 1. The second-order valence-corrected chi connectivity index (χ2v) is 6.69. The Kier molecular flexibility index (Phi) is 4.29. The third-order valence-corrected chi connectivity index (χ3v) is 4.81. The minimum absolute atomic E-state index is 0.0284. The van der Waals surface area contributed by atoms with Crippen LogP contribution in [-0.2, 0) is 0 Å². The summed E-state index contributed by atoms with van der Waals surface area (Å²) in [6.07, 6.45) is 5.99. The lowest BCUT2D eigenvalue weighted by Gasteiger charge is -2.07. The van der Waals surface area contributed by atoms with Crippen molar-refractivity contribution in [3.63, 3.8) is 0 Å². The Morgan fingerprint density at radius 3 is 2.69 bits per heavy atom. The van der Waals surface area contributed by atoms with E-state index >= 15 is 0 Å². The second kappa shape index (κ2) is 7.16. The van der Waals surface area contributed by atoms with E-state index in [9.17, 15) is 18.4 Å². The zero-order valence-corrected chi connectivity index (χ0v) is 15.9. The van der Waals surface area contributed by atoms with Gasteiger partial charge in [0.2, 0.25) is 5.78 Å². The van der Waals surface area contributed by atoms with Gasteiger partial charge in [-0.3, -0.25) is 9.59 Å². The van der Waals surface area contributed by atoms with Crippen LogP contribution in [0.1, 0.15) is 26.3 Å².